The molecule has 96 valence electrons. The van der Waals surface area contributed by atoms with Gasteiger partial charge in [0, 0.05) is 23.5 Å². The highest BCUT2D eigenvalue weighted by atomic mass is 32.1. The van der Waals surface area contributed by atoms with Crippen LogP contribution in [0.25, 0.3) is 0 Å². The Morgan fingerprint density at radius 1 is 1.61 bits per heavy atom. The van der Waals surface area contributed by atoms with Crippen molar-refractivity contribution in [2.45, 2.75) is 19.8 Å². The molecule has 2 aromatic rings. The number of hydrogen-bond donors (Lipinski definition) is 2. The molecule has 0 saturated heterocycles. The van der Waals surface area contributed by atoms with E-state index in [-0.39, 0.29) is 11.8 Å². The van der Waals surface area contributed by atoms with E-state index in [1.165, 1.54) is 17.5 Å². The van der Waals surface area contributed by atoms with Gasteiger partial charge in [-0.25, -0.2) is 9.97 Å². The standard InChI is InChI=1S/C11H14N4OS2/c1-6(10-15-7(2)5-17-10)3-13-9(16)8-4-14-11(12)18-8/h4-6H,3H2,1-2H3,(H2,12,14)(H,13,16). The Bertz CT molecular complexity index is 549. The van der Waals surface area contributed by atoms with Gasteiger partial charge in [0.05, 0.1) is 11.2 Å². The molecule has 0 fully saturated rings. The van der Waals surface area contributed by atoms with E-state index >= 15 is 0 Å². The molecule has 2 aromatic heterocycles. The molecule has 0 aliphatic rings. The number of nitrogens with two attached hydrogens (primary N) is 1. The van der Waals surface area contributed by atoms with E-state index in [1.54, 1.807) is 11.3 Å². The molecule has 0 aliphatic heterocycles. The van der Waals surface area contributed by atoms with Gasteiger partial charge in [-0.05, 0) is 6.92 Å². The van der Waals surface area contributed by atoms with E-state index in [1.807, 2.05) is 19.2 Å². The largest absolute Gasteiger partial charge is 0.375 e. The van der Waals surface area contributed by atoms with Crippen molar-refractivity contribution in [3.8, 4) is 0 Å². The number of amides is 1. The predicted molar refractivity (Wildman–Crippen MR) is 74.1 cm³/mol. The fourth-order valence-corrected chi connectivity index (χ4v) is 2.87. The first-order valence-corrected chi connectivity index (χ1v) is 7.17. The Balaban J connectivity index is 1.90. The molecule has 0 saturated carbocycles. The average Bonchev–Trinajstić information content (AvgIpc) is 2.94. The maximum absolute atomic E-state index is 11.8. The van der Waals surface area contributed by atoms with Crippen LogP contribution in [0.4, 0.5) is 5.13 Å². The minimum absolute atomic E-state index is 0.135. The van der Waals surface area contributed by atoms with Gasteiger partial charge in [-0.3, -0.25) is 4.79 Å². The first-order valence-electron chi connectivity index (χ1n) is 5.48. The van der Waals surface area contributed by atoms with Crippen LogP contribution in [-0.2, 0) is 0 Å². The number of anilines is 1. The molecule has 0 aliphatic carbocycles. The number of carbonyl (C=O) groups is 1. The van der Waals surface area contributed by atoms with Crippen LogP contribution in [0.15, 0.2) is 11.6 Å². The van der Waals surface area contributed by atoms with Gasteiger partial charge in [-0.2, -0.15) is 0 Å². The molecular weight excluding hydrogens is 268 g/mol. The van der Waals surface area contributed by atoms with Gasteiger partial charge < -0.3 is 11.1 Å². The molecule has 2 heterocycles. The second-order valence-corrected chi connectivity index (χ2v) is 5.95. The van der Waals surface area contributed by atoms with Gasteiger partial charge in [-0.1, -0.05) is 18.3 Å². The smallest absolute Gasteiger partial charge is 0.263 e. The van der Waals surface area contributed by atoms with E-state index in [4.69, 9.17) is 5.73 Å². The van der Waals surface area contributed by atoms with Gasteiger partial charge in [-0.15, -0.1) is 11.3 Å². The van der Waals surface area contributed by atoms with E-state index in [0.29, 0.717) is 16.6 Å². The summed E-state index contributed by atoms with van der Waals surface area (Å²) in [5, 5.41) is 6.32. The lowest BCUT2D eigenvalue weighted by Gasteiger charge is -2.08. The molecule has 1 amide bonds. The van der Waals surface area contributed by atoms with Crippen LogP contribution in [0.2, 0.25) is 0 Å². The summed E-state index contributed by atoms with van der Waals surface area (Å²) in [6, 6.07) is 0. The number of carbonyl (C=O) groups excluding carboxylic acids is 1. The van der Waals surface area contributed by atoms with Gasteiger partial charge in [0.2, 0.25) is 0 Å². The Morgan fingerprint density at radius 2 is 2.39 bits per heavy atom. The number of thiazole rings is 2. The summed E-state index contributed by atoms with van der Waals surface area (Å²) in [4.78, 5) is 20.6. The van der Waals surface area contributed by atoms with Crippen molar-refractivity contribution in [2.75, 3.05) is 12.3 Å². The van der Waals surface area contributed by atoms with Crippen molar-refractivity contribution >= 4 is 33.7 Å². The first kappa shape index (κ1) is 13.0. The van der Waals surface area contributed by atoms with Gasteiger partial charge in [0.15, 0.2) is 5.13 Å². The Morgan fingerprint density at radius 3 is 2.94 bits per heavy atom. The minimum atomic E-state index is -0.135. The van der Waals surface area contributed by atoms with Crippen LogP contribution in [0.5, 0.6) is 0 Å². The van der Waals surface area contributed by atoms with E-state index in [0.717, 1.165) is 10.7 Å². The predicted octanol–water partition coefficient (Wildman–Crippen LogP) is 2.02. The maximum atomic E-state index is 11.8. The molecule has 7 heteroatoms. The van der Waals surface area contributed by atoms with Crippen molar-refractivity contribution in [3.63, 3.8) is 0 Å². The summed E-state index contributed by atoms with van der Waals surface area (Å²) in [6.45, 7) is 4.56. The van der Waals surface area contributed by atoms with E-state index < -0.39 is 0 Å². The molecule has 18 heavy (non-hydrogen) atoms. The molecule has 1 atom stereocenters. The molecule has 5 nitrogen and oxygen atoms in total. The molecule has 0 bridgehead atoms. The van der Waals surface area contributed by atoms with Crippen molar-refractivity contribution in [2.24, 2.45) is 0 Å². The number of nitrogens with one attached hydrogen (secondary N) is 1. The van der Waals surface area contributed by atoms with Crippen LogP contribution in [0, 0.1) is 6.92 Å². The second-order valence-electron chi connectivity index (χ2n) is 4.00. The summed E-state index contributed by atoms with van der Waals surface area (Å²) in [5.74, 6) is 0.0715. The molecule has 1 unspecified atom stereocenters. The third-order valence-corrected chi connectivity index (χ3v) is 4.39. The summed E-state index contributed by atoms with van der Waals surface area (Å²) in [5.41, 5.74) is 6.50. The molecule has 3 N–H and O–H groups in total. The third kappa shape index (κ3) is 3.05. The number of hydrogen-bond acceptors (Lipinski definition) is 6. The lowest BCUT2D eigenvalue weighted by atomic mass is 10.2. The summed E-state index contributed by atoms with van der Waals surface area (Å²) in [7, 11) is 0. The number of aryl methyl sites for hydroxylation is 1. The van der Waals surface area contributed by atoms with E-state index in [2.05, 4.69) is 15.3 Å². The van der Waals surface area contributed by atoms with Crippen LogP contribution < -0.4 is 11.1 Å². The lowest BCUT2D eigenvalue weighted by molar-refractivity contribution is 0.0955. The summed E-state index contributed by atoms with van der Waals surface area (Å²) < 4.78 is 0. The fourth-order valence-electron chi connectivity index (χ4n) is 1.41. The van der Waals surface area contributed by atoms with Gasteiger partial charge >= 0.3 is 0 Å². The number of rotatable bonds is 4. The highest BCUT2D eigenvalue weighted by Crippen LogP contribution is 2.19. The number of aromatic nitrogens is 2. The normalized spacial score (nSPS) is 12.3. The molecule has 0 aromatic carbocycles. The topological polar surface area (TPSA) is 80.9 Å². The van der Waals surface area contributed by atoms with Gasteiger partial charge in [0.1, 0.15) is 4.88 Å². The monoisotopic (exact) mass is 282 g/mol. The quantitative estimate of drug-likeness (QED) is 0.899. The van der Waals surface area contributed by atoms with Crippen molar-refractivity contribution in [3.05, 3.63) is 27.2 Å². The molecule has 0 radical (unpaired) electrons. The van der Waals surface area contributed by atoms with Crippen LogP contribution in [-0.4, -0.2) is 22.4 Å². The zero-order chi connectivity index (χ0) is 13.1. The Hall–Kier alpha value is -1.47. The van der Waals surface area contributed by atoms with E-state index in [9.17, 15) is 4.79 Å². The lowest BCUT2D eigenvalue weighted by Crippen LogP contribution is -2.26. The Labute approximate surface area is 113 Å². The van der Waals surface area contributed by atoms with Crippen molar-refractivity contribution in [1.82, 2.24) is 15.3 Å². The Kier molecular flexibility index (Phi) is 3.93. The molecular formula is C11H14N4OS2. The third-order valence-electron chi connectivity index (χ3n) is 2.37. The van der Waals surface area contributed by atoms with Crippen LogP contribution in [0.1, 0.15) is 33.2 Å². The SMILES string of the molecule is Cc1csc(C(C)CNC(=O)c2cnc(N)s2)n1. The maximum Gasteiger partial charge on any atom is 0.263 e. The average molecular weight is 282 g/mol. The minimum Gasteiger partial charge on any atom is -0.375 e. The first-order chi connectivity index (χ1) is 8.56. The molecule has 2 rings (SSSR count). The molecule has 0 spiro atoms. The second kappa shape index (κ2) is 5.45. The number of nitrogens with zero attached hydrogens (tertiary/aromatic N) is 2. The fraction of sp³-hybridized carbons (Fsp3) is 0.364. The van der Waals surface area contributed by atoms with Crippen LogP contribution >= 0.6 is 22.7 Å². The zero-order valence-corrected chi connectivity index (χ0v) is 11.8. The highest BCUT2D eigenvalue weighted by molar-refractivity contribution is 7.17. The van der Waals surface area contributed by atoms with Crippen LogP contribution in [0.3, 0.4) is 0 Å². The van der Waals surface area contributed by atoms with Gasteiger partial charge in [0.25, 0.3) is 5.91 Å². The summed E-state index contributed by atoms with van der Waals surface area (Å²) in [6.07, 6.45) is 1.49. The number of nitrogen functional groups attached to an aromatic ring is 1. The summed E-state index contributed by atoms with van der Waals surface area (Å²) >= 11 is 2.81. The van der Waals surface area contributed by atoms with Crippen molar-refractivity contribution in [1.29, 1.82) is 0 Å². The highest BCUT2D eigenvalue weighted by Gasteiger charge is 2.13. The zero-order valence-electron chi connectivity index (χ0n) is 10.1. The van der Waals surface area contributed by atoms with Crippen molar-refractivity contribution < 1.29 is 4.79 Å².